The van der Waals surface area contributed by atoms with E-state index in [1.165, 1.54) is 107 Å². The minimum atomic E-state index is 0. The average Bonchev–Trinajstić information content (AvgIpc) is 3.12. The van der Waals surface area contributed by atoms with Gasteiger partial charge in [0.1, 0.15) is 0 Å². The zero-order valence-corrected chi connectivity index (χ0v) is 34.1. The van der Waals surface area contributed by atoms with E-state index in [0.717, 1.165) is 51.4 Å². The van der Waals surface area contributed by atoms with Crippen molar-refractivity contribution < 1.29 is 4.74 Å². The molecule has 1 aromatic heterocycles. The van der Waals surface area contributed by atoms with Crippen LogP contribution in [0.1, 0.15) is 139 Å². The van der Waals surface area contributed by atoms with Crippen LogP contribution in [0.3, 0.4) is 0 Å². The molecule has 3 aromatic rings. The van der Waals surface area contributed by atoms with E-state index in [1.54, 1.807) is 0 Å². The van der Waals surface area contributed by atoms with Gasteiger partial charge >= 0.3 is 0 Å². The van der Waals surface area contributed by atoms with Gasteiger partial charge in [-0.15, -0.1) is 37.2 Å². The maximum absolute atomic E-state index is 13.2. The Balaban J connectivity index is 0.00000433. The second-order valence-corrected chi connectivity index (χ2v) is 14.2. The van der Waals surface area contributed by atoms with Crippen LogP contribution in [0.2, 0.25) is 0 Å². The number of rotatable bonds is 24. The molecular formula is C43H68Cl3N3O2. The molecule has 0 bridgehead atoms. The Labute approximate surface area is 329 Å². The van der Waals surface area contributed by atoms with Gasteiger partial charge in [-0.25, -0.2) is 0 Å². The fourth-order valence-electron chi connectivity index (χ4n) is 7.08. The highest BCUT2D eigenvalue weighted by atomic mass is 35.5. The first kappa shape index (κ1) is 47.0. The fraction of sp³-hybridized carbons (Fsp3) is 0.605. The predicted octanol–water partition coefficient (Wildman–Crippen LogP) is 11.7. The number of halogens is 3. The maximum Gasteiger partial charge on any atom is 0.223 e. The normalized spacial score (nSPS) is 13.8. The SMILES string of the molecule is CCCCCCCCCCCCCCCCCCOc1cn(Cc2ccccc2)c(CN2CCN(C(C)c3ccccc3)CC2)cc1=O.Cl.Cl.Cl. The molecule has 2 aromatic carbocycles. The highest BCUT2D eigenvalue weighted by Gasteiger charge is 2.23. The number of hydrogen-bond donors (Lipinski definition) is 0. The predicted molar refractivity (Wildman–Crippen MR) is 225 cm³/mol. The number of nitrogens with zero attached hydrogens (tertiary/aromatic N) is 3. The summed E-state index contributed by atoms with van der Waals surface area (Å²) in [5.74, 6) is 0.483. The minimum Gasteiger partial charge on any atom is -0.488 e. The topological polar surface area (TPSA) is 37.7 Å². The molecule has 5 nitrogen and oxygen atoms in total. The van der Waals surface area contributed by atoms with Gasteiger partial charge < -0.3 is 9.30 Å². The lowest BCUT2D eigenvalue weighted by atomic mass is 10.0. The third-order valence-corrected chi connectivity index (χ3v) is 10.3. The van der Waals surface area contributed by atoms with Crippen molar-refractivity contribution >= 4 is 37.2 Å². The number of pyridine rings is 1. The van der Waals surface area contributed by atoms with Crippen molar-refractivity contribution in [1.82, 2.24) is 14.4 Å². The summed E-state index contributed by atoms with van der Waals surface area (Å²) in [4.78, 5) is 18.3. The number of piperazine rings is 1. The zero-order chi connectivity index (χ0) is 33.7. The molecule has 0 amide bonds. The van der Waals surface area contributed by atoms with Crippen LogP contribution in [-0.2, 0) is 13.1 Å². The standard InChI is InChI=1S/C43H65N3O2.3ClH/c1-3-4-5-6-7-8-9-10-11-12-13-14-15-16-17-24-33-48-43-37-46(35-39-25-20-18-21-26-39)41(34-42(43)47)36-44-29-31-45(32-30-44)38(2)40-27-22-19-23-28-40;;;/h18-23,25-28,34,37-38H,3-17,24,29-33,35-36H2,1-2H3;3*1H. The van der Waals surface area contributed by atoms with Crippen molar-refractivity contribution in [2.24, 2.45) is 0 Å². The van der Waals surface area contributed by atoms with E-state index in [9.17, 15) is 4.79 Å². The van der Waals surface area contributed by atoms with Gasteiger partial charge in [0.05, 0.1) is 12.8 Å². The molecule has 8 heteroatoms. The van der Waals surface area contributed by atoms with Crippen LogP contribution in [0.4, 0.5) is 0 Å². The lowest BCUT2D eigenvalue weighted by Crippen LogP contribution is -2.47. The van der Waals surface area contributed by atoms with Gasteiger partial charge in [-0.05, 0) is 24.5 Å². The second-order valence-electron chi connectivity index (χ2n) is 14.2. The Morgan fingerprint density at radius 3 is 1.65 bits per heavy atom. The third kappa shape index (κ3) is 18.0. The van der Waals surface area contributed by atoms with Crippen LogP contribution in [0, 0.1) is 0 Å². The van der Waals surface area contributed by atoms with Gasteiger partial charge in [0.2, 0.25) is 5.43 Å². The van der Waals surface area contributed by atoms with Gasteiger partial charge in [-0.2, -0.15) is 0 Å². The summed E-state index contributed by atoms with van der Waals surface area (Å²) in [6.45, 7) is 10.8. The van der Waals surface area contributed by atoms with Crippen LogP contribution < -0.4 is 10.2 Å². The van der Waals surface area contributed by atoms with Gasteiger partial charge in [0.15, 0.2) is 5.75 Å². The van der Waals surface area contributed by atoms with E-state index in [4.69, 9.17) is 4.74 Å². The number of aromatic nitrogens is 1. The van der Waals surface area contributed by atoms with Crippen LogP contribution in [-0.4, -0.2) is 47.2 Å². The number of unbranched alkanes of at least 4 members (excludes halogenated alkanes) is 15. The first-order chi connectivity index (χ1) is 23.6. The molecule has 0 aliphatic carbocycles. The largest absolute Gasteiger partial charge is 0.488 e. The molecule has 288 valence electrons. The van der Waals surface area contributed by atoms with E-state index in [-0.39, 0.29) is 42.6 Å². The van der Waals surface area contributed by atoms with Gasteiger partial charge in [-0.3, -0.25) is 14.6 Å². The molecule has 0 spiro atoms. The summed E-state index contributed by atoms with van der Waals surface area (Å²) in [7, 11) is 0. The molecular weight excluding hydrogens is 697 g/mol. The van der Waals surface area contributed by atoms with E-state index in [2.05, 4.69) is 88.9 Å². The highest BCUT2D eigenvalue weighted by Crippen LogP contribution is 2.22. The molecule has 1 aliphatic heterocycles. The van der Waals surface area contributed by atoms with Crippen LogP contribution in [0.25, 0.3) is 0 Å². The van der Waals surface area contributed by atoms with E-state index in [0.29, 0.717) is 18.4 Å². The average molecular weight is 765 g/mol. The summed E-state index contributed by atoms with van der Waals surface area (Å²) in [5.41, 5.74) is 3.66. The maximum atomic E-state index is 13.2. The first-order valence-corrected chi connectivity index (χ1v) is 19.6. The van der Waals surface area contributed by atoms with Crippen molar-refractivity contribution in [1.29, 1.82) is 0 Å². The van der Waals surface area contributed by atoms with Gasteiger partial charge in [0.25, 0.3) is 0 Å². The van der Waals surface area contributed by atoms with Crippen molar-refractivity contribution in [2.75, 3.05) is 32.8 Å². The highest BCUT2D eigenvalue weighted by molar-refractivity contribution is 5.86. The summed E-state index contributed by atoms with van der Waals surface area (Å²) < 4.78 is 8.34. The lowest BCUT2D eigenvalue weighted by Gasteiger charge is -2.38. The monoisotopic (exact) mass is 763 g/mol. The molecule has 2 heterocycles. The lowest BCUT2D eigenvalue weighted by molar-refractivity contribution is 0.0962. The number of ether oxygens (including phenoxy) is 1. The minimum absolute atomic E-state index is 0. The summed E-state index contributed by atoms with van der Waals surface area (Å²) in [6, 6.07) is 23.6. The summed E-state index contributed by atoms with van der Waals surface area (Å²) in [6.07, 6.45) is 23.6. The molecule has 51 heavy (non-hydrogen) atoms. The molecule has 1 unspecified atom stereocenters. The van der Waals surface area contributed by atoms with Gasteiger partial charge in [-0.1, -0.05) is 164 Å². The van der Waals surface area contributed by atoms with Crippen LogP contribution in [0.5, 0.6) is 5.75 Å². The summed E-state index contributed by atoms with van der Waals surface area (Å²) in [5, 5.41) is 0. The second kappa shape index (κ2) is 28.5. The van der Waals surface area contributed by atoms with Crippen LogP contribution in [0.15, 0.2) is 77.7 Å². The van der Waals surface area contributed by atoms with E-state index < -0.39 is 0 Å². The Morgan fingerprint density at radius 1 is 0.627 bits per heavy atom. The Hall–Kier alpha value is -2.02. The molecule has 0 N–H and O–H groups in total. The Bertz CT molecular complexity index is 1320. The molecule has 1 atom stereocenters. The van der Waals surface area contributed by atoms with E-state index >= 15 is 0 Å². The smallest absolute Gasteiger partial charge is 0.223 e. The van der Waals surface area contributed by atoms with Crippen molar-refractivity contribution in [3.8, 4) is 5.75 Å². The third-order valence-electron chi connectivity index (χ3n) is 10.3. The molecule has 1 fully saturated rings. The molecule has 0 radical (unpaired) electrons. The quantitative estimate of drug-likeness (QED) is 0.0852. The number of benzene rings is 2. The Kier molecular flexibility index (Phi) is 26.2. The number of hydrogen-bond acceptors (Lipinski definition) is 4. The molecule has 0 saturated carbocycles. The Morgan fingerprint density at radius 2 is 1.12 bits per heavy atom. The van der Waals surface area contributed by atoms with Crippen LogP contribution >= 0.6 is 37.2 Å². The summed E-state index contributed by atoms with van der Waals surface area (Å²) >= 11 is 0. The van der Waals surface area contributed by atoms with Crippen molar-refractivity contribution in [3.05, 3.63) is 100.0 Å². The molecule has 4 rings (SSSR count). The first-order valence-electron chi connectivity index (χ1n) is 19.6. The van der Waals surface area contributed by atoms with Crippen molar-refractivity contribution in [2.45, 2.75) is 136 Å². The van der Waals surface area contributed by atoms with Gasteiger partial charge in [0, 0.05) is 57.1 Å². The molecule has 1 saturated heterocycles. The zero-order valence-electron chi connectivity index (χ0n) is 31.7. The fourth-order valence-corrected chi connectivity index (χ4v) is 7.08. The van der Waals surface area contributed by atoms with Crippen molar-refractivity contribution in [3.63, 3.8) is 0 Å². The molecule has 1 aliphatic rings. The van der Waals surface area contributed by atoms with E-state index in [1.807, 2.05) is 12.3 Å².